The van der Waals surface area contributed by atoms with Crippen LogP contribution in [0.4, 0.5) is 4.79 Å². The molecule has 1 atom stereocenters. The number of carbonyl (C=O) groups is 3. The average Bonchev–Trinajstić information content (AvgIpc) is 2.58. The number of nitrogens with zero attached hydrogens (tertiary/aromatic N) is 2. The number of alkyl carbamates (subject to hydrolysis) is 1. The zero-order chi connectivity index (χ0) is 24.2. The van der Waals surface area contributed by atoms with Gasteiger partial charge in [-0.15, -0.1) is 20.2 Å². The Balaban J connectivity index is 5.01. The van der Waals surface area contributed by atoms with Crippen molar-refractivity contribution in [2.75, 3.05) is 13.2 Å². The molecule has 0 aromatic heterocycles. The molecule has 0 aromatic rings. The van der Waals surface area contributed by atoms with Gasteiger partial charge in [-0.25, -0.2) is 9.59 Å². The predicted molar refractivity (Wildman–Crippen MR) is 99.4 cm³/mol. The lowest BCUT2D eigenvalue weighted by atomic mass is 10.1. The average molecular weight is 453 g/mol. The molecule has 0 aliphatic rings. The van der Waals surface area contributed by atoms with E-state index in [1.807, 2.05) is 0 Å². The molecule has 0 aliphatic carbocycles. The van der Waals surface area contributed by atoms with Crippen molar-refractivity contribution in [1.82, 2.24) is 5.32 Å². The quantitative estimate of drug-likeness (QED) is 0.179. The molecule has 0 saturated heterocycles. The van der Waals surface area contributed by atoms with E-state index in [0.29, 0.717) is 0 Å². The molecule has 0 heterocycles. The molecule has 0 rings (SSSR count). The number of hydrogen-bond acceptors (Lipinski definition) is 12. The summed E-state index contributed by atoms with van der Waals surface area (Å²) in [6.07, 6.45) is -3.54. The summed E-state index contributed by atoms with van der Waals surface area (Å²) >= 11 is 0. The van der Waals surface area contributed by atoms with E-state index in [1.54, 1.807) is 34.6 Å². The van der Waals surface area contributed by atoms with Crippen LogP contribution in [0.15, 0.2) is 0 Å². The van der Waals surface area contributed by atoms with Gasteiger partial charge in [-0.1, -0.05) is 0 Å². The Morgan fingerprint density at radius 1 is 0.968 bits per heavy atom. The Morgan fingerprint density at radius 2 is 1.48 bits per heavy atom. The lowest BCUT2D eigenvalue weighted by Gasteiger charge is -2.24. The summed E-state index contributed by atoms with van der Waals surface area (Å²) < 4.78 is 15.0. The van der Waals surface area contributed by atoms with Crippen molar-refractivity contribution in [3.8, 4) is 0 Å². The first-order valence-corrected chi connectivity index (χ1v) is 9.13. The zero-order valence-corrected chi connectivity index (χ0v) is 17.9. The second-order valence-electron chi connectivity index (χ2n) is 7.37. The van der Waals surface area contributed by atoms with E-state index in [4.69, 9.17) is 14.2 Å². The highest BCUT2D eigenvalue weighted by atomic mass is 17.0. The van der Waals surface area contributed by atoms with Crippen LogP contribution in [0.2, 0.25) is 0 Å². The maximum absolute atomic E-state index is 12.3. The number of hydrogen-bond donors (Lipinski definition) is 1. The van der Waals surface area contributed by atoms with Crippen molar-refractivity contribution in [3.63, 3.8) is 0 Å². The van der Waals surface area contributed by atoms with Crippen LogP contribution in [-0.2, 0) is 33.5 Å². The molecular weight excluding hydrogens is 426 g/mol. The number of esters is 2. The molecule has 0 aromatic carbocycles. The highest BCUT2D eigenvalue weighted by molar-refractivity contribution is 5.82. The molecule has 15 heteroatoms. The smallest absolute Gasteiger partial charge is 0.408 e. The molecule has 0 bridgehead atoms. The summed E-state index contributed by atoms with van der Waals surface area (Å²) in [6, 6.07) is -1.26. The summed E-state index contributed by atoms with van der Waals surface area (Å²) in [5.41, 5.74) is -0.871. The molecule has 0 unspecified atom stereocenters. The third-order valence-corrected chi connectivity index (χ3v) is 2.99. The van der Waals surface area contributed by atoms with E-state index in [-0.39, 0.29) is 6.42 Å². The highest BCUT2D eigenvalue weighted by Crippen LogP contribution is 2.12. The van der Waals surface area contributed by atoms with Crippen LogP contribution in [0.5, 0.6) is 0 Å². The Morgan fingerprint density at radius 3 is 1.90 bits per heavy atom. The van der Waals surface area contributed by atoms with Crippen molar-refractivity contribution in [3.05, 3.63) is 20.2 Å². The molecule has 0 radical (unpaired) electrons. The predicted octanol–water partition coefficient (Wildman–Crippen LogP) is 0.940. The van der Waals surface area contributed by atoms with Crippen LogP contribution >= 0.6 is 0 Å². The fraction of sp³-hybridized carbons (Fsp3) is 0.812. The van der Waals surface area contributed by atoms with Gasteiger partial charge >= 0.3 is 18.0 Å². The van der Waals surface area contributed by atoms with Gasteiger partial charge in [0.05, 0.1) is 6.10 Å². The largest absolute Gasteiger partial charge is 0.458 e. The molecule has 31 heavy (non-hydrogen) atoms. The fourth-order valence-electron chi connectivity index (χ4n) is 1.92. The Bertz CT molecular complexity index is 628. The minimum Gasteiger partial charge on any atom is -0.458 e. The summed E-state index contributed by atoms with van der Waals surface area (Å²) in [5, 5.41) is 20.5. The Kier molecular flexibility index (Phi) is 11.6. The molecule has 1 amide bonds. The normalized spacial score (nSPS) is 12.0. The lowest BCUT2D eigenvalue weighted by molar-refractivity contribution is -0.768. The van der Waals surface area contributed by atoms with E-state index in [1.165, 1.54) is 0 Å². The van der Waals surface area contributed by atoms with Gasteiger partial charge in [0, 0.05) is 6.42 Å². The van der Waals surface area contributed by atoms with Crippen molar-refractivity contribution in [2.45, 2.75) is 71.3 Å². The van der Waals surface area contributed by atoms with E-state index >= 15 is 0 Å². The molecule has 1 N–H and O–H groups in total. The van der Waals surface area contributed by atoms with Crippen LogP contribution in [-0.4, -0.2) is 65.3 Å². The van der Waals surface area contributed by atoms with E-state index in [0.717, 1.165) is 0 Å². The van der Waals surface area contributed by atoms with Gasteiger partial charge in [-0.3, -0.25) is 4.79 Å². The molecule has 0 spiro atoms. The number of amides is 1. The van der Waals surface area contributed by atoms with Gasteiger partial charge in [0.15, 0.2) is 0 Å². The second kappa shape index (κ2) is 13.0. The van der Waals surface area contributed by atoms with Gasteiger partial charge in [0.1, 0.15) is 31.0 Å². The summed E-state index contributed by atoms with van der Waals surface area (Å²) in [5.74, 6) is -1.80. The van der Waals surface area contributed by atoms with Crippen molar-refractivity contribution < 1.29 is 48.4 Å². The third-order valence-electron chi connectivity index (χ3n) is 2.99. The zero-order valence-electron chi connectivity index (χ0n) is 17.9. The molecule has 0 fully saturated rings. The molecule has 0 saturated carbocycles. The van der Waals surface area contributed by atoms with Gasteiger partial charge < -0.3 is 29.2 Å². The van der Waals surface area contributed by atoms with Crippen molar-refractivity contribution in [1.29, 1.82) is 0 Å². The van der Waals surface area contributed by atoms with Crippen LogP contribution in [0.1, 0.15) is 47.5 Å². The Labute approximate surface area is 177 Å². The van der Waals surface area contributed by atoms with Gasteiger partial charge in [0.25, 0.3) is 10.2 Å². The first-order chi connectivity index (χ1) is 14.2. The monoisotopic (exact) mass is 453 g/mol. The first kappa shape index (κ1) is 27.6. The van der Waals surface area contributed by atoms with Crippen molar-refractivity contribution in [2.24, 2.45) is 0 Å². The summed E-state index contributed by atoms with van der Waals surface area (Å²) in [6.45, 7) is 6.41. The molecular formula is C16H27N3O12. The van der Waals surface area contributed by atoms with Gasteiger partial charge in [-0.05, 0) is 41.0 Å². The van der Waals surface area contributed by atoms with Gasteiger partial charge in [-0.2, -0.15) is 0 Å². The van der Waals surface area contributed by atoms with E-state index in [2.05, 4.69) is 15.0 Å². The van der Waals surface area contributed by atoms with E-state index < -0.39 is 71.7 Å². The molecule has 0 aliphatic heterocycles. The number of rotatable bonds is 13. The van der Waals surface area contributed by atoms with E-state index in [9.17, 15) is 34.6 Å². The summed E-state index contributed by atoms with van der Waals surface area (Å²) in [7, 11) is 0. The standard InChI is InChI=1S/C16H27N3O12/c1-10(2)29-15(22)17-12(14(21)31-16(3,4)5)6-7-13(20)30-11(8-27-18(23)24)9-28-19(25)26/h10-12H,6-9H2,1-5H3,(H,17,22)/t12-/m0/s1. The highest BCUT2D eigenvalue weighted by Gasteiger charge is 2.29. The second-order valence-corrected chi connectivity index (χ2v) is 7.37. The van der Waals surface area contributed by atoms with Crippen LogP contribution < -0.4 is 5.32 Å². The maximum atomic E-state index is 12.3. The van der Waals surface area contributed by atoms with Crippen molar-refractivity contribution >= 4 is 18.0 Å². The molecule has 15 nitrogen and oxygen atoms in total. The molecule has 178 valence electrons. The van der Waals surface area contributed by atoms with Gasteiger partial charge in [0.2, 0.25) is 0 Å². The van der Waals surface area contributed by atoms with Crippen LogP contribution in [0, 0.1) is 20.2 Å². The van der Waals surface area contributed by atoms with Crippen LogP contribution in [0.3, 0.4) is 0 Å². The summed E-state index contributed by atoms with van der Waals surface area (Å²) in [4.78, 5) is 64.9. The maximum Gasteiger partial charge on any atom is 0.408 e. The fourth-order valence-corrected chi connectivity index (χ4v) is 1.92. The minimum absolute atomic E-state index is 0.264. The number of carbonyl (C=O) groups excluding carboxylic acids is 3. The topological polar surface area (TPSA) is 196 Å². The first-order valence-electron chi connectivity index (χ1n) is 9.13. The third kappa shape index (κ3) is 15.2. The SMILES string of the molecule is CC(C)OC(=O)N[C@@H](CCC(=O)OC(CO[N+](=O)[O-])CO[N+](=O)[O-])C(=O)OC(C)(C)C. The lowest BCUT2D eigenvalue weighted by Crippen LogP contribution is -2.45. The Hall–Kier alpha value is -3.39. The van der Waals surface area contributed by atoms with Crippen LogP contribution in [0.25, 0.3) is 0 Å². The minimum atomic E-state index is -1.46. The number of nitrogens with one attached hydrogen (secondary N) is 1. The number of ether oxygens (including phenoxy) is 3.